The van der Waals surface area contributed by atoms with Crippen LogP contribution in [0.3, 0.4) is 0 Å². The molecule has 0 aromatic heterocycles. The molecule has 0 unspecified atom stereocenters. The van der Waals surface area contributed by atoms with Crippen LogP contribution in [0.2, 0.25) is 0 Å². The molecule has 0 radical (unpaired) electrons. The van der Waals surface area contributed by atoms with Crippen molar-refractivity contribution in [1.82, 2.24) is 4.90 Å². The van der Waals surface area contributed by atoms with E-state index in [0.717, 1.165) is 17.7 Å². The molecule has 0 amide bonds. The van der Waals surface area contributed by atoms with Crippen LogP contribution in [0.15, 0.2) is 35.3 Å². The Hall–Kier alpha value is -2.43. The highest BCUT2D eigenvalue weighted by Crippen LogP contribution is 2.36. The maximum atomic E-state index is 14.2. The third-order valence-corrected chi connectivity index (χ3v) is 4.10. The minimum Gasteiger partial charge on any atom is -0.366 e. The molecule has 128 valence electrons. The Labute approximate surface area is 142 Å². The highest BCUT2D eigenvalue weighted by atomic mass is 19.1. The Morgan fingerprint density at radius 1 is 1.12 bits per heavy atom. The lowest BCUT2D eigenvalue weighted by atomic mass is 10.1. The first-order valence-corrected chi connectivity index (χ1v) is 7.88. The summed E-state index contributed by atoms with van der Waals surface area (Å²) in [7, 11) is 3.63. The van der Waals surface area contributed by atoms with Gasteiger partial charge >= 0.3 is 0 Å². The Bertz CT molecular complexity index is 736. The summed E-state index contributed by atoms with van der Waals surface area (Å²) in [5.74, 6) is -0.736. The van der Waals surface area contributed by atoms with Gasteiger partial charge in [0, 0.05) is 26.3 Å². The zero-order chi connectivity index (χ0) is 17.9. The second kappa shape index (κ2) is 7.43. The van der Waals surface area contributed by atoms with Gasteiger partial charge in [-0.1, -0.05) is 12.1 Å². The average Bonchev–Trinajstić information content (AvgIpc) is 2.54. The van der Waals surface area contributed by atoms with Crippen LogP contribution in [-0.2, 0) is 0 Å². The van der Waals surface area contributed by atoms with E-state index in [-0.39, 0.29) is 5.82 Å². The topological polar surface area (TPSA) is 18.8 Å². The van der Waals surface area contributed by atoms with E-state index in [9.17, 15) is 8.78 Å². The Kier molecular flexibility index (Phi) is 5.54. The van der Waals surface area contributed by atoms with Crippen molar-refractivity contribution >= 4 is 23.4 Å². The molecule has 0 spiro atoms. The second-order valence-corrected chi connectivity index (χ2v) is 5.85. The number of benzene rings is 2. The Morgan fingerprint density at radius 2 is 1.83 bits per heavy atom. The van der Waals surface area contributed by atoms with Crippen molar-refractivity contribution in [2.75, 3.05) is 25.5 Å². The van der Waals surface area contributed by atoms with Crippen LogP contribution < -0.4 is 4.90 Å². The van der Waals surface area contributed by atoms with Gasteiger partial charge in [-0.3, -0.25) is 0 Å². The molecule has 0 aliphatic rings. The highest BCUT2D eigenvalue weighted by molar-refractivity contribution is 5.74. The van der Waals surface area contributed by atoms with Gasteiger partial charge in [-0.05, 0) is 50.1 Å². The lowest BCUT2D eigenvalue weighted by molar-refractivity contribution is 0.552. The number of aryl methyl sites for hydroxylation is 1. The van der Waals surface area contributed by atoms with Crippen molar-refractivity contribution in [3.63, 3.8) is 0 Å². The monoisotopic (exact) mass is 331 g/mol. The number of halogens is 2. The minimum atomic E-state index is -0.400. The van der Waals surface area contributed by atoms with E-state index >= 15 is 0 Å². The first-order valence-electron chi connectivity index (χ1n) is 7.88. The number of hydrogen-bond acceptors (Lipinski definition) is 2. The van der Waals surface area contributed by atoms with E-state index in [1.165, 1.54) is 18.2 Å². The summed E-state index contributed by atoms with van der Waals surface area (Å²) >= 11 is 0. The van der Waals surface area contributed by atoms with Crippen LogP contribution in [0.1, 0.15) is 18.1 Å². The van der Waals surface area contributed by atoms with E-state index < -0.39 is 5.82 Å². The lowest BCUT2D eigenvalue weighted by Crippen LogP contribution is -2.15. The summed E-state index contributed by atoms with van der Waals surface area (Å²) in [5.41, 5.74) is 3.15. The van der Waals surface area contributed by atoms with E-state index in [1.54, 1.807) is 24.4 Å². The molecule has 2 aromatic rings. The molecule has 0 fully saturated rings. The van der Waals surface area contributed by atoms with Crippen LogP contribution in [0, 0.1) is 25.5 Å². The molecular weight excluding hydrogens is 308 g/mol. The molecule has 0 saturated carbocycles. The number of para-hydroxylation sites is 1. The van der Waals surface area contributed by atoms with Gasteiger partial charge in [-0.25, -0.2) is 13.8 Å². The van der Waals surface area contributed by atoms with Gasteiger partial charge in [0.15, 0.2) is 0 Å². The van der Waals surface area contributed by atoms with Gasteiger partial charge in [0.05, 0.1) is 17.7 Å². The van der Waals surface area contributed by atoms with E-state index in [1.807, 2.05) is 38.8 Å². The average molecular weight is 331 g/mol. The van der Waals surface area contributed by atoms with Crippen molar-refractivity contribution < 1.29 is 8.78 Å². The SMILES string of the molecule is CCN(C)C=Nc1cc(F)cc(N(C)c2c(C)cccc2F)c1C. The van der Waals surface area contributed by atoms with E-state index in [0.29, 0.717) is 17.1 Å². The molecule has 0 saturated heterocycles. The molecule has 0 heterocycles. The second-order valence-electron chi connectivity index (χ2n) is 5.85. The predicted octanol–water partition coefficient (Wildman–Crippen LogP) is 4.96. The molecule has 0 aliphatic heterocycles. The van der Waals surface area contributed by atoms with Gasteiger partial charge in [-0.2, -0.15) is 0 Å². The van der Waals surface area contributed by atoms with Crippen LogP contribution in [0.5, 0.6) is 0 Å². The van der Waals surface area contributed by atoms with Crippen molar-refractivity contribution in [3.05, 3.63) is 53.1 Å². The Balaban J connectivity index is 2.51. The van der Waals surface area contributed by atoms with Crippen LogP contribution in [-0.4, -0.2) is 31.9 Å². The normalized spacial score (nSPS) is 11.1. The molecule has 3 nitrogen and oxygen atoms in total. The van der Waals surface area contributed by atoms with Crippen LogP contribution >= 0.6 is 0 Å². The maximum Gasteiger partial charge on any atom is 0.147 e. The van der Waals surface area contributed by atoms with Crippen molar-refractivity contribution in [2.45, 2.75) is 20.8 Å². The van der Waals surface area contributed by atoms with Crippen molar-refractivity contribution in [3.8, 4) is 0 Å². The fraction of sp³-hybridized carbons (Fsp3) is 0.316. The van der Waals surface area contributed by atoms with E-state index in [4.69, 9.17) is 0 Å². The van der Waals surface area contributed by atoms with Crippen LogP contribution in [0.4, 0.5) is 25.8 Å². The summed E-state index contributed by atoms with van der Waals surface area (Å²) in [4.78, 5) is 7.93. The van der Waals surface area contributed by atoms with Crippen molar-refractivity contribution in [1.29, 1.82) is 0 Å². The molecular formula is C19H23F2N3. The molecule has 24 heavy (non-hydrogen) atoms. The third-order valence-electron chi connectivity index (χ3n) is 4.10. The first kappa shape index (κ1) is 17.9. The van der Waals surface area contributed by atoms with Gasteiger partial charge in [0.2, 0.25) is 0 Å². The third kappa shape index (κ3) is 3.72. The molecule has 5 heteroatoms. The molecule has 0 bridgehead atoms. The Morgan fingerprint density at radius 3 is 2.46 bits per heavy atom. The van der Waals surface area contributed by atoms with Crippen LogP contribution in [0.25, 0.3) is 0 Å². The standard InChI is InChI=1S/C19H23F2N3/c1-6-23(4)12-22-17-10-15(20)11-18(14(17)3)24(5)19-13(2)8-7-9-16(19)21/h7-12H,6H2,1-5H3. The fourth-order valence-corrected chi connectivity index (χ4v) is 2.54. The lowest BCUT2D eigenvalue weighted by Gasteiger charge is -2.24. The summed E-state index contributed by atoms with van der Waals surface area (Å²) in [6.07, 6.45) is 1.67. The highest BCUT2D eigenvalue weighted by Gasteiger charge is 2.16. The number of hydrogen-bond donors (Lipinski definition) is 0. The smallest absolute Gasteiger partial charge is 0.147 e. The van der Waals surface area contributed by atoms with Crippen molar-refractivity contribution in [2.24, 2.45) is 4.99 Å². The molecule has 2 rings (SSSR count). The largest absolute Gasteiger partial charge is 0.366 e. The number of rotatable bonds is 5. The number of aliphatic imine (C=N–C) groups is 1. The summed E-state index contributed by atoms with van der Waals surface area (Å²) in [6.45, 7) is 6.50. The first-order chi connectivity index (χ1) is 11.3. The quantitative estimate of drug-likeness (QED) is 0.569. The predicted molar refractivity (Wildman–Crippen MR) is 96.8 cm³/mol. The number of nitrogens with zero attached hydrogens (tertiary/aromatic N) is 3. The maximum absolute atomic E-state index is 14.2. The minimum absolute atomic E-state index is 0.336. The van der Waals surface area contributed by atoms with Gasteiger partial charge in [-0.15, -0.1) is 0 Å². The van der Waals surface area contributed by atoms with Gasteiger partial charge < -0.3 is 9.80 Å². The molecule has 0 atom stereocenters. The van der Waals surface area contributed by atoms with Gasteiger partial charge in [0.1, 0.15) is 11.6 Å². The summed E-state index contributed by atoms with van der Waals surface area (Å²) in [5, 5.41) is 0. The zero-order valence-electron chi connectivity index (χ0n) is 14.8. The number of anilines is 2. The fourth-order valence-electron chi connectivity index (χ4n) is 2.54. The van der Waals surface area contributed by atoms with E-state index in [2.05, 4.69) is 4.99 Å². The summed E-state index contributed by atoms with van der Waals surface area (Å²) in [6, 6.07) is 7.70. The molecule has 2 aromatic carbocycles. The molecule has 0 N–H and O–H groups in total. The summed E-state index contributed by atoms with van der Waals surface area (Å²) < 4.78 is 28.3. The molecule has 0 aliphatic carbocycles. The van der Waals surface area contributed by atoms with Gasteiger partial charge in [0.25, 0.3) is 0 Å². The zero-order valence-corrected chi connectivity index (χ0v) is 14.8.